The van der Waals surface area contributed by atoms with Gasteiger partial charge in [-0.25, -0.2) is 4.98 Å². The van der Waals surface area contributed by atoms with Gasteiger partial charge in [-0.1, -0.05) is 17.7 Å². The molecule has 88 valence electrons. The fraction of sp³-hybridized carbons (Fsp3) is 0.583. The van der Waals surface area contributed by atoms with Crippen molar-refractivity contribution in [2.45, 2.75) is 13.3 Å². The molecule has 2 rings (SSSR count). The Morgan fingerprint density at radius 2 is 2.19 bits per heavy atom. The lowest BCUT2D eigenvalue weighted by molar-refractivity contribution is 0.244. The van der Waals surface area contributed by atoms with E-state index in [4.69, 9.17) is 11.6 Å². The Kier molecular flexibility index (Phi) is 4.16. The Morgan fingerprint density at radius 3 is 2.88 bits per heavy atom. The second-order valence-corrected chi connectivity index (χ2v) is 4.65. The number of nitrogens with one attached hydrogen (secondary N) is 1. The van der Waals surface area contributed by atoms with E-state index >= 15 is 0 Å². The minimum Gasteiger partial charge on any atom is -0.314 e. The fourth-order valence-electron chi connectivity index (χ4n) is 1.97. The van der Waals surface area contributed by atoms with E-state index in [1.54, 1.807) is 0 Å². The van der Waals surface area contributed by atoms with Crippen LogP contribution in [0.1, 0.15) is 11.1 Å². The summed E-state index contributed by atoms with van der Waals surface area (Å²) < 4.78 is 0. The minimum absolute atomic E-state index is 0.617. The van der Waals surface area contributed by atoms with E-state index < -0.39 is 0 Å². The summed E-state index contributed by atoms with van der Waals surface area (Å²) in [6.45, 7) is 7.64. The Balaban J connectivity index is 1.86. The molecule has 0 aromatic carbocycles. The van der Waals surface area contributed by atoms with Gasteiger partial charge in [0.25, 0.3) is 0 Å². The maximum absolute atomic E-state index is 5.90. The molecule has 1 aromatic heterocycles. The smallest absolute Gasteiger partial charge is 0.131 e. The van der Waals surface area contributed by atoms with Gasteiger partial charge in [0.1, 0.15) is 5.15 Å². The number of piperazine rings is 1. The first kappa shape index (κ1) is 11.8. The van der Waals surface area contributed by atoms with Gasteiger partial charge in [0, 0.05) is 38.9 Å². The first-order valence-electron chi connectivity index (χ1n) is 5.80. The molecule has 2 heterocycles. The van der Waals surface area contributed by atoms with Crippen LogP contribution in [0.3, 0.4) is 0 Å². The van der Waals surface area contributed by atoms with Gasteiger partial charge in [-0.3, -0.25) is 0 Å². The van der Waals surface area contributed by atoms with E-state index in [9.17, 15) is 0 Å². The molecule has 0 unspecified atom stereocenters. The van der Waals surface area contributed by atoms with Crippen molar-refractivity contribution >= 4 is 11.6 Å². The van der Waals surface area contributed by atoms with Crippen molar-refractivity contribution < 1.29 is 0 Å². The SMILES string of the molecule is Cc1cc(CCN2CCNCC2)cnc1Cl. The first-order chi connectivity index (χ1) is 7.75. The predicted molar refractivity (Wildman–Crippen MR) is 67.0 cm³/mol. The van der Waals surface area contributed by atoms with Crippen LogP contribution in [-0.4, -0.2) is 42.6 Å². The summed E-state index contributed by atoms with van der Waals surface area (Å²) >= 11 is 5.90. The second kappa shape index (κ2) is 5.62. The summed E-state index contributed by atoms with van der Waals surface area (Å²) in [5.41, 5.74) is 2.35. The van der Waals surface area contributed by atoms with Gasteiger partial charge in [-0.15, -0.1) is 0 Å². The molecule has 0 aliphatic carbocycles. The number of halogens is 1. The number of hydrogen-bond acceptors (Lipinski definition) is 3. The van der Waals surface area contributed by atoms with Crippen molar-refractivity contribution in [3.05, 3.63) is 28.5 Å². The van der Waals surface area contributed by atoms with Crippen molar-refractivity contribution in [2.75, 3.05) is 32.7 Å². The molecule has 0 spiro atoms. The number of hydrogen-bond donors (Lipinski definition) is 1. The molecule has 4 heteroatoms. The summed E-state index contributed by atoms with van der Waals surface area (Å²) in [4.78, 5) is 6.66. The molecular weight excluding hydrogens is 222 g/mol. The van der Waals surface area contributed by atoms with Crippen LogP contribution in [0.25, 0.3) is 0 Å². The zero-order valence-electron chi connectivity index (χ0n) is 9.67. The number of nitrogens with zero attached hydrogens (tertiary/aromatic N) is 2. The second-order valence-electron chi connectivity index (χ2n) is 4.29. The van der Waals surface area contributed by atoms with E-state index in [0.717, 1.165) is 44.7 Å². The maximum atomic E-state index is 5.90. The summed E-state index contributed by atoms with van der Waals surface area (Å²) in [6.07, 6.45) is 2.95. The minimum atomic E-state index is 0.617. The third kappa shape index (κ3) is 3.17. The molecule has 0 saturated carbocycles. The molecule has 1 aliphatic rings. The van der Waals surface area contributed by atoms with Gasteiger partial charge in [-0.05, 0) is 24.5 Å². The summed E-state index contributed by atoms with van der Waals surface area (Å²) in [5.74, 6) is 0. The van der Waals surface area contributed by atoms with Crippen molar-refractivity contribution in [3.63, 3.8) is 0 Å². The molecule has 0 amide bonds. The molecule has 1 fully saturated rings. The highest BCUT2D eigenvalue weighted by Gasteiger charge is 2.09. The standard InChI is InChI=1S/C12H18ClN3/c1-10-8-11(9-15-12(10)13)2-5-16-6-3-14-4-7-16/h8-9,14H,2-7H2,1H3. The summed E-state index contributed by atoms with van der Waals surface area (Å²) in [7, 11) is 0. The van der Waals surface area contributed by atoms with E-state index in [1.165, 1.54) is 5.56 Å². The van der Waals surface area contributed by atoms with Crippen LogP contribution in [0.4, 0.5) is 0 Å². The van der Waals surface area contributed by atoms with Crippen LogP contribution in [0.15, 0.2) is 12.3 Å². The quantitative estimate of drug-likeness (QED) is 0.811. The average molecular weight is 240 g/mol. The Hall–Kier alpha value is -0.640. The zero-order valence-corrected chi connectivity index (χ0v) is 10.4. The highest BCUT2D eigenvalue weighted by atomic mass is 35.5. The molecule has 1 aromatic rings. The Morgan fingerprint density at radius 1 is 1.44 bits per heavy atom. The predicted octanol–water partition coefficient (Wildman–Crippen LogP) is 1.49. The molecule has 3 nitrogen and oxygen atoms in total. The molecule has 1 aliphatic heterocycles. The van der Waals surface area contributed by atoms with Crippen molar-refractivity contribution in [2.24, 2.45) is 0 Å². The number of aromatic nitrogens is 1. The van der Waals surface area contributed by atoms with Gasteiger partial charge in [0.15, 0.2) is 0 Å². The third-order valence-electron chi connectivity index (χ3n) is 3.00. The topological polar surface area (TPSA) is 28.2 Å². The van der Waals surface area contributed by atoms with E-state index in [1.807, 2.05) is 13.1 Å². The third-order valence-corrected chi connectivity index (χ3v) is 3.39. The van der Waals surface area contributed by atoms with Gasteiger partial charge >= 0.3 is 0 Å². The molecule has 16 heavy (non-hydrogen) atoms. The number of pyridine rings is 1. The van der Waals surface area contributed by atoms with Crippen molar-refractivity contribution in [1.82, 2.24) is 15.2 Å². The van der Waals surface area contributed by atoms with Crippen LogP contribution >= 0.6 is 11.6 Å². The molecule has 0 bridgehead atoms. The maximum Gasteiger partial charge on any atom is 0.131 e. The summed E-state index contributed by atoms with van der Waals surface area (Å²) in [5, 5.41) is 3.97. The van der Waals surface area contributed by atoms with E-state index in [2.05, 4.69) is 21.3 Å². The normalized spacial score (nSPS) is 17.6. The Labute approximate surface area is 102 Å². The summed E-state index contributed by atoms with van der Waals surface area (Å²) in [6, 6.07) is 2.14. The lowest BCUT2D eigenvalue weighted by Gasteiger charge is -2.27. The lowest BCUT2D eigenvalue weighted by Crippen LogP contribution is -2.44. The van der Waals surface area contributed by atoms with Crippen LogP contribution in [0, 0.1) is 6.92 Å². The van der Waals surface area contributed by atoms with Crippen LogP contribution in [0.2, 0.25) is 5.15 Å². The molecular formula is C12H18ClN3. The molecule has 0 atom stereocenters. The van der Waals surface area contributed by atoms with Crippen LogP contribution < -0.4 is 5.32 Å². The van der Waals surface area contributed by atoms with Crippen molar-refractivity contribution in [1.29, 1.82) is 0 Å². The van der Waals surface area contributed by atoms with Gasteiger partial charge in [0.2, 0.25) is 0 Å². The fourth-order valence-corrected chi connectivity index (χ4v) is 2.08. The van der Waals surface area contributed by atoms with Crippen LogP contribution in [-0.2, 0) is 6.42 Å². The number of aryl methyl sites for hydroxylation is 1. The Bertz CT molecular complexity index is 348. The lowest BCUT2D eigenvalue weighted by atomic mass is 10.1. The van der Waals surface area contributed by atoms with Gasteiger partial charge < -0.3 is 10.2 Å². The van der Waals surface area contributed by atoms with Gasteiger partial charge in [-0.2, -0.15) is 0 Å². The number of rotatable bonds is 3. The van der Waals surface area contributed by atoms with E-state index in [0.29, 0.717) is 5.15 Å². The van der Waals surface area contributed by atoms with Gasteiger partial charge in [0.05, 0.1) is 0 Å². The highest BCUT2D eigenvalue weighted by molar-refractivity contribution is 6.30. The zero-order chi connectivity index (χ0) is 11.4. The molecule has 0 radical (unpaired) electrons. The van der Waals surface area contributed by atoms with Crippen LogP contribution in [0.5, 0.6) is 0 Å². The van der Waals surface area contributed by atoms with Crippen molar-refractivity contribution in [3.8, 4) is 0 Å². The molecule has 1 saturated heterocycles. The van der Waals surface area contributed by atoms with E-state index in [-0.39, 0.29) is 0 Å². The first-order valence-corrected chi connectivity index (χ1v) is 6.17. The largest absolute Gasteiger partial charge is 0.314 e. The molecule has 1 N–H and O–H groups in total. The average Bonchev–Trinajstić information content (AvgIpc) is 2.32. The monoisotopic (exact) mass is 239 g/mol. The highest BCUT2D eigenvalue weighted by Crippen LogP contribution is 2.13.